The van der Waals surface area contributed by atoms with Crippen molar-refractivity contribution in [3.63, 3.8) is 0 Å². The van der Waals surface area contributed by atoms with Crippen molar-refractivity contribution in [2.45, 2.75) is 83.8 Å². The van der Waals surface area contributed by atoms with Gasteiger partial charge in [-0.2, -0.15) is 0 Å². The van der Waals surface area contributed by atoms with Crippen LogP contribution in [0.1, 0.15) is 71.0 Å². The van der Waals surface area contributed by atoms with Gasteiger partial charge in [-0.3, -0.25) is 9.89 Å². The van der Waals surface area contributed by atoms with E-state index < -0.39 is 0 Å². The fraction of sp³-hybridized carbons (Fsp3) is 0.818. The average molecular weight is 517 g/mol. The highest BCUT2D eigenvalue weighted by Gasteiger charge is 2.38. The molecule has 2 N–H and O–H groups in total. The van der Waals surface area contributed by atoms with Crippen molar-refractivity contribution in [3.05, 3.63) is 18.2 Å². The third-order valence-corrected chi connectivity index (χ3v) is 6.40. The molecular weight excluding hydrogens is 475 g/mol. The number of halogens is 1. The lowest BCUT2D eigenvalue weighted by molar-refractivity contribution is 0.0368. The molecule has 0 unspecified atom stereocenters. The van der Waals surface area contributed by atoms with Crippen LogP contribution in [0, 0.1) is 5.92 Å². The fourth-order valence-electron chi connectivity index (χ4n) is 4.88. The summed E-state index contributed by atoms with van der Waals surface area (Å²) in [4.78, 5) is 11.8. The van der Waals surface area contributed by atoms with E-state index in [0.29, 0.717) is 18.0 Å². The third kappa shape index (κ3) is 6.84. The zero-order valence-corrected chi connectivity index (χ0v) is 21.0. The molecule has 166 valence electrons. The quantitative estimate of drug-likeness (QED) is 0.327. The summed E-state index contributed by atoms with van der Waals surface area (Å²) in [5.74, 6) is 2.57. The van der Waals surface area contributed by atoms with Gasteiger partial charge in [-0.25, -0.2) is 4.98 Å². The maximum Gasteiger partial charge on any atom is 0.191 e. The van der Waals surface area contributed by atoms with Crippen LogP contribution >= 0.6 is 24.0 Å². The van der Waals surface area contributed by atoms with Crippen LogP contribution < -0.4 is 10.6 Å². The first-order valence-electron chi connectivity index (χ1n) is 11.3. The van der Waals surface area contributed by atoms with Crippen LogP contribution in [-0.2, 0) is 13.1 Å². The maximum absolute atomic E-state index is 4.52. The molecule has 1 aromatic heterocycles. The molecule has 29 heavy (non-hydrogen) atoms. The first-order chi connectivity index (χ1) is 13.6. The summed E-state index contributed by atoms with van der Waals surface area (Å²) in [5.41, 5.74) is 0.312. The molecule has 0 atom stereocenters. The zero-order chi connectivity index (χ0) is 19.8. The standard InChI is InChI=1S/C22H40N6.HI/c1-19(2)17-27-15-12-24-20(27)16-25-21(23-3)26-18-22(10-6-4-7-11-22)28-13-8-5-9-14-28;/h12,15,19H,4-11,13-14,16-18H2,1-3H3,(H2,23,25,26);1H. The predicted molar refractivity (Wildman–Crippen MR) is 132 cm³/mol. The molecule has 6 nitrogen and oxygen atoms in total. The smallest absolute Gasteiger partial charge is 0.191 e. The number of hydrogen-bond acceptors (Lipinski definition) is 3. The third-order valence-electron chi connectivity index (χ3n) is 6.40. The minimum absolute atomic E-state index is 0. The highest BCUT2D eigenvalue weighted by atomic mass is 127. The van der Waals surface area contributed by atoms with E-state index in [1.54, 1.807) is 0 Å². The molecule has 0 aromatic carbocycles. The van der Waals surface area contributed by atoms with Crippen molar-refractivity contribution < 1.29 is 0 Å². The van der Waals surface area contributed by atoms with E-state index in [0.717, 1.165) is 24.9 Å². The van der Waals surface area contributed by atoms with Crippen molar-refractivity contribution >= 4 is 29.9 Å². The van der Waals surface area contributed by atoms with E-state index in [9.17, 15) is 0 Å². The summed E-state index contributed by atoms with van der Waals surface area (Å²) >= 11 is 0. The van der Waals surface area contributed by atoms with Gasteiger partial charge in [0.2, 0.25) is 0 Å². The minimum Gasteiger partial charge on any atom is -0.355 e. The Balaban J connectivity index is 0.00000300. The van der Waals surface area contributed by atoms with Crippen LogP contribution in [0.15, 0.2) is 17.4 Å². The molecule has 7 heteroatoms. The van der Waals surface area contributed by atoms with E-state index in [2.05, 4.69) is 50.1 Å². The second-order valence-electron chi connectivity index (χ2n) is 9.00. The van der Waals surface area contributed by atoms with Crippen molar-refractivity contribution in [3.8, 4) is 0 Å². The van der Waals surface area contributed by atoms with Crippen LogP contribution in [0.5, 0.6) is 0 Å². The molecule has 0 bridgehead atoms. The Kier molecular flexibility index (Phi) is 10.2. The average Bonchev–Trinajstić information content (AvgIpc) is 3.16. The molecule has 2 heterocycles. The molecule has 1 saturated carbocycles. The molecule has 2 aliphatic rings. The lowest BCUT2D eigenvalue weighted by Gasteiger charge is -2.48. The Morgan fingerprint density at radius 3 is 2.45 bits per heavy atom. The van der Waals surface area contributed by atoms with Gasteiger partial charge >= 0.3 is 0 Å². The molecule has 0 radical (unpaired) electrons. The molecule has 2 fully saturated rings. The van der Waals surface area contributed by atoms with E-state index >= 15 is 0 Å². The largest absolute Gasteiger partial charge is 0.355 e. The molecule has 0 spiro atoms. The lowest BCUT2D eigenvalue weighted by Crippen LogP contribution is -2.59. The normalized spacial score (nSPS) is 20.3. The van der Waals surface area contributed by atoms with Crippen LogP contribution in [-0.4, -0.2) is 52.6 Å². The van der Waals surface area contributed by atoms with Gasteiger partial charge in [-0.15, -0.1) is 24.0 Å². The molecule has 1 aliphatic carbocycles. The Hall–Kier alpha value is -0.830. The summed E-state index contributed by atoms with van der Waals surface area (Å²) in [6.45, 7) is 9.70. The van der Waals surface area contributed by atoms with Crippen LogP contribution in [0.2, 0.25) is 0 Å². The Morgan fingerprint density at radius 2 is 1.79 bits per heavy atom. The first kappa shape index (κ1) is 24.4. The molecule has 0 amide bonds. The summed E-state index contributed by atoms with van der Waals surface area (Å²) in [5, 5.41) is 7.14. The number of hydrogen-bond donors (Lipinski definition) is 2. The van der Waals surface area contributed by atoms with Gasteiger partial charge in [-0.05, 0) is 44.7 Å². The summed E-state index contributed by atoms with van der Waals surface area (Å²) in [6.07, 6.45) is 14.8. The number of nitrogens with one attached hydrogen (secondary N) is 2. The molecular formula is C22H41IN6. The van der Waals surface area contributed by atoms with Crippen LogP contribution in [0.3, 0.4) is 0 Å². The van der Waals surface area contributed by atoms with E-state index in [1.165, 1.54) is 64.5 Å². The van der Waals surface area contributed by atoms with Gasteiger partial charge in [-0.1, -0.05) is 39.5 Å². The monoisotopic (exact) mass is 516 g/mol. The van der Waals surface area contributed by atoms with Gasteiger partial charge < -0.3 is 15.2 Å². The summed E-state index contributed by atoms with van der Waals surface area (Å²) < 4.78 is 2.24. The number of nitrogens with zero attached hydrogens (tertiary/aromatic N) is 4. The first-order valence-corrected chi connectivity index (χ1v) is 11.3. The number of rotatable bonds is 7. The lowest BCUT2D eigenvalue weighted by atomic mass is 9.79. The Morgan fingerprint density at radius 1 is 1.10 bits per heavy atom. The summed E-state index contributed by atoms with van der Waals surface area (Å²) in [6, 6.07) is 0. The van der Waals surface area contributed by atoms with Gasteiger partial charge in [0.1, 0.15) is 5.82 Å². The highest BCUT2D eigenvalue weighted by Crippen LogP contribution is 2.35. The second kappa shape index (κ2) is 12.1. The van der Waals surface area contributed by atoms with Crippen molar-refractivity contribution in [2.75, 3.05) is 26.7 Å². The van der Waals surface area contributed by atoms with Crippen LogP contribution in [0.25, 0.3) is 0 Å². The molecule has 1 saturated heterocycles. The predicted octanol–water partition coefficient (Wildman–Crippen LogP) is 4.01. The van der Waals surface area contributed by atoms with Gasteiger partial charge in [0.15, 0.2) is 5.96 Å². The molecule has 3 rings (SSSR count). The van der Waals surface area contributed by atoms with Crippen molar-refractivity contribution in [1.29, 1.82) is 0 Å². The van der Waals surface area contributed by atoms with E-state index in [4.69, 9.17) is 0 Å². The highest BCUT2D eigenvalue weighted by molar-refractivity contribution is 14.0. The fourth-order valence-corrected chi connectivity index (χ4v) is 4.88. The van der Waals surface area contributed by atoms with E-state index in [-0.39, 0.29) is 24.0 Å². The number of guanidine groups is 1. The number of piperidine rings is 1. The van der Waals surface area contributed by atoms with Crippen LogP contribution in [0.4, 0.5) is 0 Å². The topological polar surface area (TPSA) is 57.5 Å². The van der Waals surface area contributed by atoms with Crippen molar-refractivity contribution in [1.82, 2.24) is 25.1 Å². The molecule has 1 aromatic rings. The number of aromatic nitrogens is 2. The number of imidazole rings is 1. The SMILES string of the molecule is CN=C(NCc1nccn1CC(C)C)NCC1(N2CCCCC2)CCCCC1.I. The number of likely N-dealkylation sites (tertiary alicyclic amines) is 1. The molecule has 1 aliphatic heterocycles. The summed E-state index contributed by atoms with van der Waals surface area (Å²) in [7, 11) is 1.87. The van der Waals surface area contributed by atoms with Gasteiger partial charge in [0, 0.05) is 38.1 Å². The maximum atomic E-state index is 4.52. The minimum atomic E-state index is 0. The van der Waals surface area contributed by atoms with Gasteiger partial charge in [0.05, 0.1) is 6.54 Å². The second-order valence-corrected chi connectivity index (χ2v) is 9.00. The van der Waals surface area contributed by atoms with Crippen molar-refractivity contribution in [2.24, 2.45) is 10.9 Å². The van der Waals surface area contributed by atoms with Gasteiger partial charge in [0.25, 0.3) is 0 Å². The Bertz CT molecular complexity index is 615. The Labute approximate surface area is 194 Å². The zero-order valence-electron chi connectivity index (χ0n) is 18.6. The number of aliphatic imine (C=N–C) groups is 1. The van der Waals surface area contributed by atoms with E-state index in [1.807, 2.05) is 13.2 Å².